The predicted octanol–water partition coefficient (Wildman–Crippen LogP) is 4.83. The minimum atomic E-state index is -0.0909. The number of hydrogen-bond acceptors (Lipinski definition) is 5. The fraction of sp³-hybridized carbons (Fsp3) is 0.269. The Bertz CT molecular complexity index is 1390. The van der Waals surface area contributed by atoms with Crippen molar-refractivity contribution in [1.82, 2.24) is 14.5 Å². The number of rotatable bonds is 5. The number of hydrogen-bond donors (Lipinski definition) is 0. The van der Waals surface area contributed by atoms with Crippen molar-refractivity contribution in [2.45, 2.75) is 19.9 Å². The van der Waals surface area contributed by atoms with Crippen LogP contribution in [0.2, 0.25) is 5.02 Å². The summed E-state index contributed by atoms with van der Waals surface area (Å²) < 4.78 is 1.57. The molecule has 0 atom stereocenters. The third-order valence-electron chi connectivity index (χ3n) is 6.29. The lowest BCUT2D eigenvalue weighted by Crippen LogP contribution is -2.49. The van der Waals surface area contributed by atoms with Gasteiger partial charge in [0.15, 0.2) is 0 Å². The van der Waals surface area contributed by atoms with E-state index in [0.717, 1.165) is 39.6 Å². The van der Waals surface area contributed by atoms with Crippen LogP contribution in [0.15, 0.2) is 65.7 Å². The molecule has 0 spiro atoms. The number of piperazine rings is 1. The first kappa shape index (κ1) is 22.6. The summed E-state index contributed by atoms with van der Waals surface area (Å²) in [5.41, 5.74) is 2.94. The number of aryl methyl sites for hydroxylation is 2. The van der Waals surface area contributed by atoms with E-state index in [9.17, 15) is 9.59 Å². The molecule has 34 heavy (non-hydrogen) atoms. The van der Waals surface area contributed by atoms with Gasteiger partial charge in [0.05, 0.1) is 11.7 Å². The molecule has 2 aromatic carbocycles. The van der Waals surface area contributed by atoms with Gasteiger partial charge in [0, 0.05) is 60.3 Å². The lowest BCUT2D eigenvalue weighted by atomic mass is 10.0. The number of halogens is 1. The molecule has 1 saturated heterocycles. The molecule has 0 bridgehead atoms. The molecule has 1 aliphatic rings. The Labute approximate surface area is 207 Å². The van der Waals surface area contributed by atoms with Crippen LogP contribution in [-0.4, -0.2) is 46.5 Å². The van der Waals surface area contributed by atoms with E-state index in [0.29, 0.717) is 30.0 Å². The van der Waals surface area contributed by atoms with E-state index in [-0.39, 0.29) is 17.9 Å². The van der Waals surface area contributed by atoms with E-state index < -0.39 is 0 Å². The Morgan fingerprint density at radius 1 is 1.06 bits per heavy atom. The second kappa shape index (κ2) is 9.60. The maximum atomic E-state index is 13.3. The van der Waals surface area contributed by atoms with Crippen molar-refractivity contribution in [2.75, 3.05) is 31.1 Å². The number of fused-ring (bicyclic) bond motifs is 1. The van der Waals surface area contributed by atoms with Gasteiger partial charge in [-0.05, 0) is 30.7 Å². The third kappa shape index (κ3) is 4.45. The Balaban J connectivity index is 1.28. The summed E-state index contributed by atoms with van der Waals surface area (Å²) >= 11 is 7.64. The normalized spacial score (nSPS) is 14.1. The zero-order valence-corrected chi connectivity index (χ0v) is 20.5. The van der Waals surface area contributed by atoms with Crippen molar-refractivity contribution >= 4 is 44.7 Å². The number of nitrogens with zero attached hydrogens (tertiary/aromatic N) is 4. The van der Waals surface area contributed by atoms with Crippen LogP contribution < -0.4 is 10.5 Å². The average molecular weight is 493 g/mol. The summed E-state index contributed by atoms with van der Waals surface area (Å²) in [5, 5.41) is 1.35. The maximum Gasteiger partial charge on any atom is 0.262 e. The standard InChI is InChI=1S/C26H25ClN4O2S/c1-18-23(19-6-3-2-4-7-19)24-25(34-18)28-17-31(26(24)33)11-10-22(32)30-14-12-29(13-15-30)21-9-5-8-20(27)16-21/h2-9,16-17H,10-15H2,1H3. The van der Waals surface area contributed by atoms with Gasteiger partial charge >= 0.3 is 0 Å². The molecule has 0 radical (unpaired) electrons. The van der Waals surface area contributed by atoms with E-state index in [1.165, 1.54) is 11.3 Å². The first-order chi connectivity index (χ1) is 16.5. The zero-order chi connectivity index (χ0) is 23.7. The van der Waals surface area contributed by atoms with Crippen LogP contribution in [0.5, 0.6) is 0 Å². The SMILES string of the molecule is Cc1sc2ncn(CCC(=O)N3CCN(c4cccc(Cl)c4)CC3)c(=O)c2c1-c1ccccc1. The van der Waals surface area contributed by atoms with Gasteiger partial charge in [0.1, 0.15) is 4.83 Å². The Kier molecular flexibility index (Phi) is 6.39. The number of carbonyl (C=O) groups is 1. The molecule has 8 heteroatoms. The highest BCUT2D eigenvalue weighted by atomic mass is 35.5. The van der Waals surface area contributed by atoms with Gasteiger partial charge in [-0.15, -0.1) is 11.3 Å². The second-order valence-electron chi connectivity index (χ2n) is 8.42. The molecule has 0 aliphatic carbocycles. The number of thiophene rings is 1. The minimum absolute atomic E-state index is 0.0579. The number of amides is 1. The summed E-state index contributed by atoms with van der Waals surface area (Å²) in [4.78, 5) is 36.7. The van der Waals surface area contributed by atoms with Gasteiger partial charge in [-0.25, -0.2) is 4.98 Å². The number of anilines is 1. The lowest BCUT2D eigenvalue weighted by molar-refractivity contribution is -0.131. The third-order valence-corrected chi connectivity index (χ3v) is 7.54. The molecular formula is C26H25ClN4O2S. The van der Waals surface area contributed by atoms with Gasteiger partial charge in [0.25, 0.3) is 5.56 Å². The Morgan fingerprint density at radius 3 is 2.56 bits per heavy atom. The van der Waals surface area contributed by atoms with E-state index in [4.69, 9.17) is 11.6 Å². The van der Waals surface area contributed by atoms with Crippen molar-refractivity contribution in [3.63, 3.8) is 0 Å². The molecular weight excluding hydrogens is 468 g/mol. The van der Waals surface area contributed by atoms with Crippen LogP contribution >= 0.6 is 22.9 Å². The fourth-order valence-electron chi connectivity index (χ4n) is 4.51. The number of carbonyl (C=O) groups excluding carboxylic acids is 1. The van der Waals surface area contributed by atoms with Gasteiger partial charge in [0.2, 0.25) is 5.91 Å². The lowest BCUT2D eigenvalue weighted by Gasteiger charge is -2.36. The quantitative estimate of drug-likeness (QED) is 0.400. The fourth-order valence-corrected chi connectivity index (χ4v) is 5.70. The van der Waals surface area contributed by atoms with Crippen LogP contribution in [0.3, 0.4) is 0 Å². The molecule has 2 aromatic heterocycles. The monoisotopic (exact) mass is 492 g/mol. The summed E-state index contributed by atoms with van der Waals surface area (Å²) in [5.74, 6) is 0.0579. The molecule has 1 fully saturated rings. The second-order valence-corrected chi connectivity index (χ2v) is 10.1. The van der Waals surface area contributed by atoms with Crippen molar-refractivity contribution in [3.8, 4) is 11.1 Å². The van der Waals surface area contributed by atoms with Crippen LogP contribution in [0.4, 0.5) is 5.69 Å². The Morgan fingerprint density at radius 2 is 1.82 bits per heavy atom. The van der Waals surface area contributed by atoms with Gasteiger partial charge < -0.3 is 9.80 Å². The summed E-state index contributed by atoms with van der Waals surface area (Å²) in [7, 11) is 0. The molecule has 0 unspecified atom stereocenters. The number of benzene rings is 2. The molecule has 174 valence electrons. The van der Waals surface area contributed by atoms with Crippen molar-refractivity contribution in [3.05, 3.63) is 81.2 Å². The smallest absolute Gasteiger partial charge is 0.262 e. The first-order valence-corrected chi connectivity index (χ1v) is 12.5. The van der Waals surface area contributed by atoms with Crippen molar-refractivity contribution < 1.29 is 4.79 Å². The summed E-state index contributed by atoms with van der Waals surface area (Å²) in [6.45, 7) is 5.16. The summed E-state index contributed by atoms with van der Waals surface area (Å²) in [6, 6.07) is 17.7. The van der Waals surface area contributed by atoms with E-state index in [1.807, 2.05) is 66.4 Å². The van der Waals surface area contributed by atoms with Crippen LogP contribution in [0, 0.1) is 6.92 Å². The highest BCUT2D eigenvalue weighted by Crippen LogP contribution is 2.35. The van der Waals surface area contributed by atoms with E-state index in [1.54, 1.807) is 10.9 Å². The molecule has 0 N–H and O–H groups in total. The van der Waals surface area contributed by atoms with Crippen molar-refractivity contribution in [1.29, 1.82) is 0 Å². The Hall–Kier alpha value is -3.16. The highest BCUT2D eigenvalue weighted by Gasteiger charge is 2.22. The topological polar surface area (TPSA) is 58.4 Å². The molecule has 6 nitrogen and oxygen atoms in total. The van der Waals surface area contributed by atoms with Gasteiger partial charge in [-0.1, -0.05) is 48.0 Å². The summed E-state index contributed by atoms with van der Waals surface area (Å²) in [6.07, 6.45) is 1.84. The molecule has 3 heterocycles. The predicted molar refractivity (Wildman–Crippen MR) is 139 cm³/mol. The minimum Gasteiger partial charge on any atom is -0.368 e. The van der Waals surface area contributed by atoms with Crippen LogP contribution in [0.1, 0.15) is 11.3 Å². The maximum absolute atomic E-state index is 13.3. The van der Waals surface area contributed by atoms with Crippen LogP contribution in [0.25, 0.3) is 21.3 Å². The van der Waals surface area contributed by atoms with Gasteiger partial charge in [-0.2, -0.15) is 0 Å². The van der Waals surface area contributed by atoms with E-state index in [2.05, 4.69) is 9.88 Å². The molecule has 0 saturated carbocycles. The number of aromatic nitrogens is 2. The molecule has 4 aromatic rings. The molecule has 5 rings (SSSR count). The molecule has 1 aliphatic heterocycles. The van der Waals surface area contributed by atoms with Crippen molar-refractivity contribution in [2.24, 2.45) is 0 Å². The highest BCUT2D eigenvalue weighted by molar-refractivity contribution is 7.19. The van der Waals surface area contributed by atoms with Crippen LogP contribution in [-0.2, 0) is 11.3 Å². The molecule has 1 amide bonds. The zero-order valence-electron chi connectivity index (χ0n) is 18.9. The first-order valence-electron chi connectivity index (χ1n) is 11.3. The van der Waals surface area contributed by atoms with E-state index >= 15 is 0 Å². The average Bonchev–Trinajstić information content (AvgIpc) is 3.20. The van der Waals surface area contributed by atoms with Gasteiger partial charge in [-0.3, -0.25) is 14.2 Å². The largest absolute Gasteiger partial charge is 0.368 e.